The van der Waals surface area contributed by atoms with E-state index in [1.165, 1.54) is 27.2 Å². The molecule has 0 aliphatic carbocycles. The molecule has 0 unspecified atom stereocenters. The second-order valence-electron chi connectivity index (χ2n) is 15.2. The van der Waals surface area contributed by atoms with Gasteiger partial charge in [0.15, 0.2) is 0 Å². The monoisotopic (exact) mass is 750 g/mol. The van der Waals surface area contributed by atoms with Crippen LogP contribution in [-0.2, 0) is 0 Å². The molecule has 12 rings (SSSR count). The molecule has 0 amide bonds. The fourth-order valence-electron chi connectivity index (χ4n) is 8.94. The van der Waals surface area contributed by atoms with E-state index in [2.05, 4.69) is 205 Å². The van der Waals surface area contributed by atoms with Gasteiger partial charge in [0.05, 0.1) is 44.7 Å². The molecule has 274 valence electrons. The van der Waals surface area contributed by atoms with E-state index in [4.69, 9.17) is 15.0 Å². The fourth-order valence-corrected chi connectivity index (χ4v) is 8.94. The van der Waals surface area contributed by atoms with Crippen LogP contribution in [0.2, 0.25) is 0 Å². The minimum atomic E-state index is 0.896. The van der Waals surface area contributed by atoms with Crippen molar-refractivity contribution in [2.45, 2.75) is 0 Å². The summed E-state index contributed by atoms with van der Waals surface area (Å²) in [6.07, 6.45) is 0. The number of hydrogen-bond acceptors (Lipinski definition) is 3. The maximum Gasteiger partial charge on any atom is 0.0972 e. The maximum atomic E-state index is 5.58. The Morgan fingerprint density at radius 2 is 0.881 bits per heavy atom. The van der Waals surface area contributed by atoms with Crippen LogP contribution in [0.15, 0.2) is 206 Å². The normalized spacial score (nSPS) is 11.7. The van der Waals surface area contributed by atoms with Crippen molar-refractivity contribution in [3.05, 3.63) is 206 Å². The van der Waals surface area contributed by atoms with E-state index < -0.39 is 0 Å². The van der Waals surface area contributed by atoms with Crippen LogP contribution in [0.25, 0.3) is 116 Å². The molecular formula is C55H34N4. The molecule has 4 heteroatoms. The maximum absolute atomic E-state index is 5.58. The van der Waals surface area contributed by atoms with Gasteiger partial charge in [-0.1, -0.05) is 158 Å². The summed E-state index contributed by atoms with van der Waals surface area (Å²) in [5.74, 6) is 0. The van der Waals surface area contributed by atoms with Gasteiger partial charge in [-0.15, -0.1) is 0 Å². The molecule has 0 bridgehead atoms. The Hall–Kier alpha value is -7.95. The highest BCUT2D eigenvalue weighted by atomic mass is 15.0. The summed E-state index contributed by atoms with van der Waals surface area (Å²) in [5, 5.41) is 7.99. The molecular weight excluding hydrogens is 717 g/mol. The quantitative estimate of drug-likeness (QED) is 0.165. The standard InChI is InChI=1S/C55H34N4/c1-4-14-35(15-5-1)48-30-28-37-26-27-38-29-31-49(57-54(38)53(37)56-48)40-19-12-18-39(32-40)42-23-13-24-44-45-34-51-46(33-47(45)52(58-55(42)44)36-16-6-2-7-17-36)43-22-10-11-25-50(43)59(51)41-20-8-3-9-21-41/h1-34H. The first-order chi connectivity index (χ1) is 29.2. The summed E-state index contributed by atoms with van der Waals surface area (Å²) in [6, 6.07) is 73.1. The second-order valence-corrected chi connectivity index (χ2v) is 15.2. The lowest BCUT2D eigenvalue weighted by atomic mass is 9.94. The van der Waals surface area contributed by atoms with Crippen molar-refractivity contribution in [2.24, 2.45) is 0 Å². The van der Waals surface area contributed by atoms with Gasteiger partial charge in [-0.05, 0) is 59.5 Å². The Labute approximate surface area is 340 Å². The minimum Gasteiger partial charge on any atom is -0.309 e. The number of rotatable bonds is 5. The molecule has 0 spiro atoms. The van der Waals surface area contributed by atoms with Gasteiger partial charge in [-0.25, -0.2) is 15.0 Å². The highest BCUT2D eigenvalue weighted by Crippen LogP contribution is 2.42. The van der Waals surface area contributed by atoms with E-state index in [1.54, 1.807) is 0 Å². The number of hydrogen-bond donors (Lipinski definition) is 0. The van der Waals surface area contributed by atoms with E-state index in [-0.39, 0.29) is 0 Å². The van der Waals surface area contributed by atoms with Gasteiger partial charge in [-0.3, -0.25) is 0 Å². The van der Waals surface area contributed by atoms with Crippen molar-refractivity contribution in [1.82, 2.24) is 19.5 Å². The van der Waals surface area contributed by atoms with Crippen molar-refractivity contribution < 1.29 is 0 Å². The SMILES string of the molecule is c1ccc(-c2ccc3ccc4ccc(-c5cccc(-c6cccc7c6nc(-c6ccccc6)c6cc8c9ccccc9n(-c9ccccc9)c8cc67)c5)nc4c3n2)cc1. The van der Waals surface area contributed by atoms with Crippen LogP contribution in [-0.4, -0.2) is 19.5 Å². The van der Waals surface area contributed by atoms with E-state index in [1.807, 2.05) is 6.07 Å². The molecule has 12 aromatic rings. The summed E-state index contributed by atoms with van der Waals surface area (Å²) < 4.78 is 2.39. The molecule has 4 aromatic heterocycles. The first kappa shape index (κ1) is 33.2. The van der Waals surface area contributed by atoms with Crippen LogP contribution in [0.3, 0.4) is 0 Å². The van der Waals surface area contributed by atoms with Gasteiger partial charge >= 0.3 is 0 Å². The average molecular weight is 751 g/mol. The molecule has 0 atom stereocenters. The minimum absolute atomic E-state index is 0.896. The lowest BCUT2D eigenvalue weighted by Gasteiger charge is -2.15. The van der Waals surface area contributed by atoms with Crippen molar-refractivity contribution in [2.75, 3.05) is 0 Å². The molecule has 0 saturated heterocycles. The lowest BCUT2D eigenvalue weighted by molar-refractivity contribution is 1.18. The molecule has 0 saturated carbocycles. The molecule has 8 aromatic carbocycles. The van der Waals surface area contributed by atoms with Crippen LogP contribution in [0, 0.1) is 0 Å². The number of nitrogens with zero attached hydrogens (tertiary/aromatic N) is 4. The molecule has 0 radical (unpaired) electrons. The second kappa shape index (κ2) is 13.3. The topological polar surface area (TPSA) is 43.6 Å². The van der Waals surface area contributed by atoms with E-state index in [0.717, 1.165) is 88.7 Å². The molecule has 4 heterocycles. The summed E-state index contributed by atoms with van der Waals surface area (Å²) in [6.45, 7) is 0. The van der Waals surface area contributed by atoms with Crippen LogP contribution < -0.4 is 0 Å². The van der Waals surface area contributed by atoms with E-state index in [9.17, 15) is 0 Å². The molecule has 0 aliphatic heterocycles. The van der Waals surface area contributed by atoms with Crippen LogP contribution >= 0.6 is 0 Å². The van der Waals surface area contributed by atoms with Crippen molar-refractivity contribution in [3.8, 4) is 50.6 Å². The van der Waals surface area contributed by atoms with E-state index >= 15 is 0 Å². The Balaban J connectivity index is 1.07. The lowest BCUT2D eigenvalue weighted by Crippen LogP contribution is -1.95. The zero-order valence-electron chi connectivity index (χ0n) is 31.9. The highest BCUT2D eigenvalue weighted by Gasteiger charge is 2.19. The Kier molecular flexibility index (Phi) is 7.50. The number of pyridine rings is 3. The summed E-state index contributed by atoms with van der Waals surface area (Å²) >= 11 is 0. The zero-order valence-corrected chi connectivity index (χ0v) is 31.9. The third-order valence-corrected chi connectivity index (χ3v) is 11.7. The van der Waals surface area contributed by atoms with Crippen molar-refractivity contribution >= 4 is 65.3 Å². The van der Waals surface area contributed by atoms with Crippen molar-refractivity contribution in [3.63, 3.8) is 0 Å². The molecule has 0 aliphatic rings. The average Bonchev–Trinajstić information content (AvgIpc) is 3.64. The number of benzene rings is 8. The summed E-state index contributed by atoms with van der Waals surface area (Å²) in [4.78, 5) is 16.0. The van der Waals surface area contributed by atoms with Gasteiger partial charge in [0.2, 0.25) is 0 Å². The smallest absolute Gasteiger partial charge is 0.0972 e. The van der Waals surface area contributed by atoms with Crippen LogP contribution in [0.4, 0.5) is 0 Å². The Morgan fingerprint density at radius 1 is 0.305 bits per heavy atom. The molecule has 0 N–H and O–H groups in total. The number of fused-ring (bicyclic) bond motifs is 9. The Morgan fingerprint density at radius 3 is 1.63 bits per heavy atom. The van der Waals surface area contributed by atoms with Crippen LogP contribution in [0.1, 0.15) is 0 Å². The first-order valence-corrected chi connectivity index (χ1v) is 20.0. The van der Waals surface area contributed by atoms with Gasteiger partial charge in [0.1, 0.15) is 0 Å². The van der Waals surface area contributed by atoms with Gasteiger partial charge in [-0.2, -0.15) is 0 Å². The van der Waals surface area contributed by atoms with Crippen molar-refractivity contribution in [1.29, 1.82) is 0 Å². The van der Waals surface area contributed by atoms with Gasteiger partial charge in [0.25, 0.3) is 0 Å². The van der Waals surface area contributed by atoms with E-state index in [0.29, 0.717) is 0 Å². The molecule has 0 fully saturated rings. The predicted octanol–water partition coefficient (Wildman–Crippen LogP) is 14.2. The fraction of sp³-hybridized carbons (Fsp3) is 0. The largest absolute Gasteiger partial charge is 0.309 e. The van der Waals surface area contributed by atoms with Gasteiger partial charge in [0, 0.05) is 60.3 Å². The predicted molar refractivity (Wildman–Crippen MR) is 246 cm³/mol. The molecule has 4 nitrogen and oxygen atoms in total. The van der Waals surface area contributed by atoms with Gasteiger partial charge < -0.3 is 4.57 Å². The third kappa shape index (κ3) is 5.42. The van der Waals surface area contributed by atoms with Crippen LogP contribution in [0.5, 0.6) is 0 Å². The highest BCUT2D eigenvalue weighted by molar-refractivity contribution is 6.21. The Bertz CT molecular complexity index is 3590. The number of aromatic nitrogens is 4. The zero-order chi connectivity index (χ0) is 38.9. The summed E-state index contributed by atoms with van der Waals surface area (Å²) in [7, 11) is 0. The third-order valence-electron chi connectivity index (χ3n) is 11.7. The number of para-hydroxylation sites is 3. The molecule has 59 heavy (non-hydrogen) atoms. The summed E-state index contributed by atoms with van der Waals surface area (Å²) in [5.41, 5.74) is 14.4. The first-order valence-electron chi connectivity index (χ1n) is 20.0.